The molecule has 2 fully saturated rings. The van der Waals surface area contributed by atoms with E-state index in [1.807, 2.05) is 0 Å². The normalized spacial score (nSPS) is 23.7. The van der Waals surface area contributed by atoms with E-state index in [9.17, 15) is 19.6 Å². The van der Waals surface area contributed by atoms with Crippen LogP contribution in [0.25, 0.3) is 0 Å². The number of rotatable bonds is 5. The minimum Gasteiger partial charge on any atom is -0.497 e. The van der Waals surface area contributed by atoms with E-state index in [2.05, 4.69) is 16.7 Å². The fraction of sp³-hybridized carbons (Fsp3) is 0.474. The van der Waals surface area contributed by atoms with Crippen molar-refractivity contribution in [3.8, 4) is 11.8 Å². The number of nitrogens with zero attached hydrogens (tertiary/aromatic N) is 2. The zero-order valence-corrected chi connectivity index (χ0v) is 15.4. The monoisotopic (exact) mass is 370 g/mol. The summed E-state index contributed by atoms with van der Waals surface area (Å²) in [5, 5.41) is 14.7. The van der Waals surface area contributed by atoms with Crippen LogP contribution in [0.4, 0.5) is 4.79 Å². The minimum atomic E-state index is -1.26. The summed E-state index contributed by atoms with van der Waals surface area (Å²) in [5.41, 5.74) is -1.56. The molecule has 0 bridgehead atoms. The van der Waals surface area contributed by atoms with Crippen LogP contribution in [0.2, 0.25) is 0 Å². The zero-order chi connectivity index (χ0) is 19.7. The van der Waals surface area contributed by atoms with Gasteiger partial charge in [-0.2, -0.15) is 5.26 Å². The highest BCUT2D eigenvalue weighted by Crippen LogP contribution is 2.31. The molecule has 27 heavy (non-hydrogen) atoms. The summed E-state index contributed by atoms with van der Waals surface area (Å²) in [7, 11) is 1.54. The van der Waals surface area contributed by atoms with Gasteiger partial charge in [-0.15, -0.1) is 0 Å². The molecule has 1 aliphatic heterocycles. The fourth-order valence-corrected chi connectivity index (χ4v) is 3.65. The Morgan fingerprint density at radius 3 is 2.48 bits per heavy atom. The highest BCUT2D eigenvalue weighted by atomic mass is 16.5. The molecule has 0 aromatic heterocycles. The van der Waals surface area contributed by atoms with Gasteiger partial charge in [0.05, 0.1) is 13.2 Å². The van der Waals surface area contributed by atoms with Gasteiger partial charge in [-0.05, 0) is 50.3 Å². The van der Waals surface area contributed by atoms with E-state index in [1.54, 1.807) is 31.2 Å². The number of benzene rings is 1. The molecule has 0 radical (unpaired) electrons. The summed E-state index contributed by atoms with van der Waals surface area (Å²) in [6, 6.07) is 8.32. The summed E-state index contributed by atoms with van der Waals surface area (Å²) in [6.45, 7) is 1.18. The summed E-state index contributed by atoms with van der Waals surface area (Å²) in [5.74, 6) is -0.389. The highest BCUT2D eigenvalue weighted by Gasteiger charge is 2.50. The second-order valence-corrected chi connectivity index (χ2v) is 7.12. The molecule has 1 aliphatic carbocycles. The first kappa shape index (κ1) is 18.7. The average Bonchev–Trinajstić information content (AvgIpc) is 3.21. The molecule has 1 saturated carbocycles. The molecule has 1 saturated heterocycles. The third-order valence-electron chi connectivity index (χ3n) is 5.29. The molecule has 1 aromatic carbocycles. The Morgan fingerprint density at radius 2 is 1.93 bits per heavy atom. The van der Waals surface area contributed by atoms with Gasteiger partial charge in [0.15, 0.2) is 0 Å². The number of urea groups is 1. The Hall–Kier alpha value is -3.08. The summed E-state index contributed by atoms with van der Waals surface area (Å²) >= 11 is 0. The summed E-state index contributed by atoms with van der Waals surface area (Å²) in [4.78, 5) is 38.5. The van der Waals surface area contributed by atoms with Crippen LogP contribution in [0.15, 0.2) is 24.3 Å². The molecular formula is C19H22N4O4. The molecule has 1 aromatic rings. The molecule has 1 atom stereocenters. The van der Waals surface area contributed by atoms with Gasteiger partial charge in [0.2, 0.25) is 5.91 Å². The predicted octanol–water partition coefficient (Wildman–Crippen LogP) is 1.41. The van der Waals surface area contributed by atoms with E-state index in [1.165, 1.54) is 7.11 Å². The number of nitrogens with one attached hydrogen (secondary N) is 2. The number of methoxy groups -OCH3 is 1. The maximum atomic E-state index is 12.9. The number of nitriles is 1. The van der Waals surface area contributed by atoms with E-state index in [4.69, 9.17) is 4.74 Å². The Morgan fingerprint density at radius 1 is 1.30 bits per heavy atom. The highest BCUT2D eigenvalue weighted by molar-refractivity contribution is 6.09. The van der Waals surface area contributed by atoms with Crippen molar-refractivity contribution >= 4 is 17.8 Å². The number of ether oxygens (including phenoxy) is 1. The van der Waals surface area contributed by atoms with Crippen LogP contribution in [-0.2, 0) is 15.1 Å². The van der Waals surface area contributed by atoms with Crippen molar-refractivity contribution in [3.63, 3.8) is 0 Å². The lowest BCUT2D eigenvalue weighted by Crippen LogP contribution is -2.50. The van der Waals surface area contributed by atoms with Crippen molar-refractivity contribution in [1.82, 2.24) is 15.5 Å². The number of carbonyl (C=O) groups is 3. The second kappa shape index (κ2) is 6.91. The maximum absolute atomic E-state index is 12.9. The number of amides is 4. The van der Waals surface area contributed by atoms with Crippen molar-refractivity contribution in [2.45, 2.75) is 43.7 Å². The number of carbonyl (C=O) groups excluding carboxylic acids is 3. The molecule has 2 aliphatic rings. The van der Waals surface area contributed by atoms with Gasteiger partial charge < -0.3 is 15.4 Å². The molecular weight excluding hydrogens is 348 g/mol. The maximum Gasteiger partial charge on any atom is 0.325 e. The molecule has 3 rings (SSSR count). The Labute approximate surface area is 157 Å². The van der Waals surface area contributed by atoms with Gasteiger partial charge in [0, 0.05) is 0 Å². The van der Waals surface area contributed by atoms with Crippen molar-refractivity contribution in [2.75, 3.05) is 13.7 Å². The van der Waals surface area contributed by atoms with Crippen LogP contribution in [0, 0.1) is 11.3 Å². The largest absolute Gasteiger partial charge is 0.497 e. The first-order valence-corrected chi connectivity index (χ1v) is 8.84. The minimum absolute atomic E-state index is 0.417. The lowest BCUT2D eigenvalue weighted by Gasteiger charge is -2.24. The van der Waals surface area contributed by atoms with E-state index in [-0.39, 0.29) is 0 Å². The van der Waals surface area contributed by atoms with E-state index < -0.39 is 35.5 Å². The molecule has 8 heteroatoms. The molecule has 1 heterocycles. The van der Waals surface area contributed by atoms with Gasteiger partial charge in [-0.3, -0.25) is 14.5 Å². The van der Waals surface area contributed by atoms with Gasteiger partial charge >= 0.3 is 6.03 Å². The van der Waals surface area contributed by atoms with Crippen LogP contribution in [0.3, 0.4) is 0 Å². The predicted molar refractivity (Wildman–Crippen MR) is 95.5 cm³/mol. The first-order valence-electron chi connectivity index (χ1n) is 8.84. The van der Waals surface area contributed by atoms with Crippen molar-refractivity contribution in [3.05, 3.63) is 29.8 Å². The van der Waals surface area contributed by atoms with Crippen molar-refractivity contribution < 1.29 is 19.1 Å². The van der Waals surface area contributed by atoms with Crippen molar-refractivity contribution in [1.29, 1.82) is 5.26 Å². The first-order chi connectivity index (χ1) is 12.8. The molecule has 8 nitrogen and oxygen atoms in total. The molecule has 0 spiro atoms. The Balaban J connectivity index is 1.73. The van der Waals surface area contributed by atoms with Crippen LogP contribution >= 0.6 is 0 Å². The number of hydrogen-bond acceptors (Lipinski definition) is 5. The fourth-order valence-electron chi connectivity index (χ4n) is 3.65. The topological polar surface area (TPSA) is 112 Å². The lowest BCUT2D eigenvalue weighted by atomic mass is 9.92. The molecule has 1 unspecified atom stereocenters. The van der Waals surface area contributed by atoms with Gasteiger partial charge in [-0.1, -0.05) is 12.1 Å². The van der Waals surface area contributed by atoms with E-state index in [0.29, 0.717) is 24.2 Å². The average molecular weight is 370 g/mol. The van der Waals surface area contributed by atoms with Crippen LogP contribution in [0.5, 0.6) is 5.75 Å². The Bertz CT molecular complexity index is 808. The summed E-state index contributed by atoms with van der Waals surface area (Å²) in [6.07, 6.45) is 2.90. The molecule has 4 amide bonds. The standard InChI is InChI=1S/C19H22N4O4/c1-18(13-5-7-14(27-2)8-6-13)16(25)23(17(26)22-18)11-15(24)21-19(12-20)9-3-4-10-19/h5-8H,3-4,9-11H2,1-2H3,(H,21,24)(H,22,26). The van der Waals surface area contributed by atoms with Gasteiger partial charge in [-0.25, -0.2) is 4.79 Å². The number of imide groups is 1. The number of hydrogen-bond donors (Lipinski definition) is 2. The quantitative estimate of drug-likeness (QED) is 0.761. The van der Waals surface area contributed by atoms with E-state index >= 15 is 0 Å². The smallest absolute Gasteiger partial charge is 0.325 e. The zero-order valence-electron chi connectivity index (χ0n) is 15.4. The molecule has 2 N–H and O–H groups in total. The lowest BCUT2D eigenvalue weighted by molar-refractivity contribution is -0.135. The van der Waals surface area contributed by atoms with Crippen LogP contribution in [-0.4, -0.2) is 41.9 Å². The van der Waals surface area contributed by atoms with Crippen LogP contribution in [0.1, 0.15) is 38.2 Å². The molecule has 142 valence electrons. The van der Waals surface area contributed by atoms with Gasteiger partial charge in [0.25, 0.3) is 5.91 Å². The Kier molecular flexibility index (Phi) is 4.79. The second-order valence-electron chi connectivity index (χ2n) is 7.12. The third kappa shape index (κ3) is 3.33. The van der Waals surface area contributed by atoms with Crippen LogP contribution < -0.4 is 15.4 Å². The SMILES string of the molecule is COc1ccc(C2(C)NC(=O)N(CC(=O)NC3(C#N)CCCC3)C2=O)cc1. The van der Waals surface area contributed by atoms with Gasteiger partial charge in [0.1, 0.15) is 23.4 Å². The van der Waals surface area contributed by atoms with E-state index in [0.717, 1.165) is 17.7 Å². The van der Waals surface area contributed by atoms with Crippen molar-refractivity contribution in [2.24, 2.45) is 0 Å². The summed E-state index contributed by atoms with van der Waals surface area (Å²) < 4.78 is 5.11. The third-order valence-corrected chi connectivity index (χ3v) is 5.29.